The van der Waals surface area contributed by atoms with E-state index in [9.17, 15) is 0 Å². The van der Waals surface area contributed by atoms with Gasteiger partial charge in [-0.1, -0.05) is 38.4 Å². The van der Waals surface area contributed by atoms with Crippen LogP contribution in [0, 0.1) is 6.33 Å². The van der Waals surface area contributed by atoms with Gasteiger partial charge < -0.3 is 10.1 Å². The van der Waals surface area contributed by atoms with Gasteiger partial charge in [-0.2, -0.15) is 0 Å². The number of aromatic amines is 1. The molecule has 1 N–H and O–H groups in total. The zero-order chi connectivity index (χ0) is 7.52. The van der Waals surface area contributed by atoms with E-state index in [4.69, 9.17) is 0 Å². The van der Waals surface area contributed by atoms with Crippen LogP contribution in [0.15, 0.2) is 0 Å². The van der Waals surface area contributed by atoms with Gasteiger partial charge in [0.25, 0.3) is 0 Å². The third kappa shape index (κ3) is 2.19. The first kappa shape index (κ1) is 9.96. The van der Waals surface area contributed by atoms with Crippen molar-refractivity contribution < 1.29 is 22.4 Å². The summed E-state index contributed by atoms with van der Waals surface area (Å²) in [5.41, 5.74) is 0. The Hall–Kier alpha value is -0.120. The van der Waals surface area contributed by atoms with Gasteiger partial charge >= 0.3 is 22.4 Å². The van der Waals surface area contributed by atoms with Gasteiger partial charge in [-0.15, -0.1) is 0 Å². The van der Waals surface area contributed by atoms with Crippen LogP contribution in [0.4, 0.5) is 0 Å². The van der Waals surface area contributed by atoms with Crippen LogP contribution in [0.3, 0.4) is 0 Å². The predicted molar refractivity (Wildman–Crippen MR) is 41.0 cm³/mol. The van der Waals surface area contributed by atoms with E-state index >= 15 is 0 Å². The van der Waals surface area contributed by atoms with Crippen molar-refractivity contribution in [3.63, 3.8) is 0 Å². The first-order chi connectivity index (χ1) is 5.47. The van der Waals surface area contributed by atoms with E-state index < -0.39 is 0 Å². The Balaban J connectivity index is 0.000000720. The fraction of sp³-hybridized carbons (Fsp3) is 0.750. The second kappa shape index (κ2) is 4.80. The molecule has 1 aromatic rings. The monoisotopic (exact) mass is 347 g/mol. The molecule has 1 aliphatic carbocycles. The minimum atomic E-state index is 0. The minimum absolute atomic E-state index is 0. The molecular weight excluding hydrogens is 335 g/mol. The average Bonchev–Trinajstić information content (AvgIpc) is 2.58. The number of nitrogens with zero attached hydrogens (tertiary/aromatic N) is 2. The van der Waals surface area contributed by atoms with Crippen LogP contribution in [0.1, 0.15) is 43.8 Å². The molecule has 2 rings (SSSR count). The van der Waals surface area contributed by atoms with Crippen molar-refractivity contribution in [2.45, 2.75) is 38.0 Å². The SMILES string of the molecule is [Au+].[c-]1nc(C2CCCCC2)n[nH]1. The van der Waals surface area contributed by atoms with Gasteiger partial charge in [0.05, 0.1) is 0 Å². The van der Waals surface area contributed by atoms with Crippen LogP contribution in [0.25, 0.3) is 0 Å². The third-order valence-corrected chi connectivity index (χ3v) is 2.36. The van der Waals surface area contributed by atoms with Crippen LogP contribution < -0.4 is 0 Å². The molecule has 0 bridgehead atoms. The Bertz CT molecular complexity index is 204. The summed E-state index contributed by atoms with van der Waals surface area (Å²) in [4.78, 5) is 4.05. The summed E-state index contributed by atoms with van der Waals surface area (Å²) in [6.45, 7) is 0. The molecule has 3 nitrogen and oxygen atoms in total. The summed E-state index contributed by atoms with van der Waals surface area (Å²) in [7, 11) is 0. The summed E-state index contributed by atoms with van der Waals surface area (Å²) in [6, 6.07) is 0. The largest absolute Gasteiger partial charge is 1.00 e. The van der Waals surface area contributed by atoms with Crippen LogP contribution >= 0.6 is 0 Å². The number of hydrogen-bond acceptors (Lipinski definition) is 2. The smallest absolute Gasteiger partial charge is 0.418 e. The molecule has 1 aromatic heterocycles. The Labute approximate surface area is 87.9 Å². The third-order valence-electron chi connectivity index (χ3n) is 2.36. The quantitative estimate of drug-likeness (QED) is 0.620. The van der Waals surface area contributed by atoms with Crippen LogP contribution in [0.2, 0.25) is 0 Å². The van der Waals surface area contributed by atoms with E-state index in [2.05, 4.69) is 21.5 Å². The maximum Gasteiger partial charge on any atom is 1.00 e. The van der Waals surface area contributed by atoms with E-state index in [0.717, 1.165) is 5.82 Å². The summed E-state index contributed by atoms with van der Waals surface area (Å²) in [5, 5.41) is 6.69. The molecule has 0 spiro atoms. The molecule has 1 fully saturated rings. The van der Waals surface area contributed by atoms with E-state index in [0.29, 0.717) is 5.92 Å². The fourth-order valence-corrected chi connectivity index (χ4v) is 1.73. The Morgan fingerprint density at radius 1 is 1.25 bits per heavy atom. The molecule has 4 heteroatoms. The van der Waals surface area contributed by atoms with Crippen molar-refractivity contribution in [2.24, 2.45) is 0 Å². The summed E-state index contributed by atoms with van der Waals surface area (Å²) >= 11 is 0. The molecule has 0 amide bonds. The van der Waals surface area contributed by atoms with Crippen molar-refractivity contribution in [2.75, 3.05) is 0 Å². The Kier molecular flexibility index (Phi) is 3.98. The van der Waals surface area contributed by atoms with Gasteiger partial charge in [0.1, 0.15) is 0 Å². The molecule has 1 aliphatic rings. The van der Waals surface area contributed by atoms with E-state index in [1.807, 2.05) is 0 Å². The van der Waals surface area contributed by atoms with Crippen molar-refractivity contribution in [1.29, 1.82) is 0 Å². The topological polar surface area (TPSA) is 41.6 Å². The predicted octanol–water partition coefficient (Wildman–Crippen LogP) is 1.65. The molecule has 12 heavy (non-hydrogen) atoms. The minimum Gasteiger partial charge on any atom is -0.418 e. The van der Waals surface area contributed by atoms with Gasteiger partial charge in [-0.05, 0) is 11.7 Å². The first-order valence-electron chi connectivity index (χ1n) is 4.25. The number of nitrogens with one attached hydrogen (secondary N) is 1. The molecule has 0 radical (unpaired) electrons. The van der Waals surface area contributed by atoms with Gasteiger partial charge in [-0.25, -0.2) is 0 Å². The van der Waals surface area contributed by atoms with Crippen LogP contribution in [-0.2, 0) is 22.4 Å². The van der Waals surface area contributed by atoms with E-state index in [-0.39, 0.29) is 22.4 Å². The summed E-state index contributed by atoms with van der Waals surface area (Å²) < 4.78 is 0. The van der Waals surface area contributed by atoms with Gasteiger partial charge in [0, 0.05) is 0 Å². The van der Waals surface area contributed by atoms with Crippen molar-refractivity contribution in [3.05, 3.63) is 12.2 Å². The molecule has 70 valence electrons. The molecule has 0 saturated heterocycles. The van der Waals surface area contributed by atoms with Crippen LogP contribution in [-0.4, -0.2) is 15.2 Å². The zero-order valence-electron chi connectivity index (χ0n) is 6.81. The molecular formula is C8H12AuN3. The van der Waals surface area contributed by atoms with Crippen molar-refractivity contribution in [1.82, 2.24) is 15.2 Å². The second-order valence-electron chi connectivity index (χ2n) is 3.14. The van der Waals surface area contributed by atoms with Gasteiger partial charge in [-0.3, -0.25) is 5.10 Å². The average molecular weight is 347 g/mol. The maximum atomic E-state index is 4.05. The van der Waals surface area contributed by atoms with Crippen molar-refractivity contribution in [3.8, 4) is 0 Å². The number of rotatable bonds is 1. The van der Waals surface area contributed by atoms with E-state index in [1.165, 1.54) is 32.1 Å². The number of hydrogen-bond donors (Lipinski definition) is 1. The maximum absolute atomic E-state index is 4.05. The normalized spacial score (nSPS) is 18.7. The molecule has 0 unspecified atom stereocenters. The summed E-state index contributed by atoms with van der Waals surface area (Å²) in [6.07, 6.45) is 9.20. The first-order valence-corrected chi connectivity index (χ1v) is 4.25. The van der Waals surface area contributed by atoms with Gasteiger partial charge in [0.15, 0.2) is 0 Å². The molecule has 0 atom stereocenters. The fourth-order valence-electron chi connectivity index (χ4n) is 1.73. The van der Waals surface area contributed by atoms with Crippen molar-refractivity contribution >= 4 is 0 Å². The van der Waals surface area contributed by atoms with Gasteiger partial charge in [0.2, 0.25) is 0 Å². The summed E-state index contributed by atoms with van der Waals surface area (Å²) in [5.74, 6) is 1.57. The second-order valence-corrected chi connectivity index (χ2v) is 3.14. The Morgan fingerprint density at radius 2 is 2.00 bits per heavy atom. The standard InChI is InChI=1S/C8H12N3.Au/c1-2-4-7(5-3-1)8-9-6-10-11-8;/h7H,1-5H2,(H,9,10,11);/q-1;+1. The zero-order valence-corrected chi connectivity index (χ0v) is 8.98. The van der Waals surface area contributed by atoms with E-state index in [1.54, 1.807) is 0 Å². The molecule has 0 aliphatic heterocycles. The number of H-pyrrole nitrogens is 1. The van der Waals surface area contributed by atoms with Crippen LogP contribution in [0.5, 0.6) is 0 Å². The number of aromatic nitrogens is 3. The molecule has 0 aromatic carbocycles. The Morgan fingerprint density at radius 3 is 2.58 bits per heavy atom. The molecule has 1 saturated carbocycles. The molecule has 1 heterocycles.